The molecule has 3 aliphatic rings. The van der Waals surface area contributed by atoms with Crippen LogP contribution in [0.15, 0.2) is 0 Å². The van der Waals surface area contributed by atoms with E-state index in [4.69, 9.17) is 10.4 Å². The molecule has 3 fully saturated rings. The van der Waals surface area contributed by atoms with Gasteiger partial charge in [0.25, 0.3) is 0 Å². The van der Waals surface area contributed by atoms with Crippen LogP contribution >= 0.6 is 0 Å². The third kappa shape index (κ3) is 1.21. The molecule has 0 aromatic rings. The fourth-order valence-electron chi connectivity index (χ4n) is 2.83. The Morgan fingerprint density at radius 2 is 2.08 bits per heavy atom. The minimum Gasteiger partial charge on any atom is -0.481 e. The van der Waals surface area contributed by atoms with Crippen LogP contribution in [0.5, 0.6) is 0 Å². The van der Waals surface area contributed by atoms with Crippen molar-refractivity contribution in [2.75, 3.05) is 0 Å². The Bertz CT molecular complexity index is 271. The lowest BCUT2D eigenvalue weighted by molar-refractivity contribution is -0.149. The van der Waals surface area contributed by atoms with Crippen molar-refractivity contribution in [3.05, 3.63) is 0 Å². The lowest BCUT2D eigenvalue weighted by Crippen LogP contribution is -2.42. The number of aliphatic carboxylic acids is 1. The van der Waals surface area contributed by atoms with Crippen molar-refractivity contribution >= 4 is 5.97 Å². The van der Waals surface area contributed by atoms with Gasteiger partial charge in [0, 0.05) is 0 Å². The first-order chi connectivity index (χ1) is 6.17. The number of carboxylic acid groups (broad SMARTS) is 1. The molecule has 1 atom stereocenters. The van der Waals surface area contributed by atoms with E-state index in [0.29, 0.717) is 12.3 Å². The predicted molar refractivity (Wildman–Crippen MR) is 45.7 cm³/mol. The second-order valence-corrected chi connectivity index (χ2v) is 4.38. The lowest BCUT2D eigenvalue weighted by atomic mass is 9.57. The zero-order valence-corrected chi connectivity index (χ0v) is 7.49. The molecule has 0 aromatic heterocycles. The highest BCUT2D eigenvalue weighted by Crippen LogP contribution is 2.52. The van der Waals surface area contributed by atoms with Crippen LogP contribution in [0.4, 0.5) is 0 Å². The molecule has 0 radical (unpaired) electrons. The molecule has 3 nitrogen and oxygen atoms in total. The first-order valence-electron chi connectivity index (χ1n) is 4.81. The van der Waals surface area contributed by atoms with Crippen molar-refractivity contribution in [1.82, 2.24) is 0 Å². The highest BCUT2D eigenvalue weighted by atomic mass is 16.4. The number of carboxylic acids is 1. The molecule has 0 aromatic carbocycles. The standard InChI is InChI=1S/C10H13NO2/c11-6-10-3-1-7(2-4-10)8(5-10)9(12)13/h7-8H,1-5H2,(H,12,13). The van der Waals surface area contributed by atoms with Crippen molar-refractivity contribution in [2.45, 2.75) is 32.1 Å². The molecule has 3 heteroatoms. The second-order valence-electron chi connectivity index (χ2n) is 4.38. The molecule has 1 unspecified atom stereocenters. The van der Waals surface area contributed by atoms with Crippen LogP contribution in [-0.2, 0) is 4.79 Å². The highest BCUT2D eigenvalue weighted by molar-refractivity contribution is 5.71. The average Bonchev–Trinajstić information content (AvgIpc) is 2.19. The van der Waals surface area contributed by atoms with Crippen molar-refractivity contribution in [3.8, 4) is 6.07 Å². The van der Waals surface area contributed by atoms with Crippen LogP contribution in [-0.4, -0.2) is 11.1 Å². The molecule has 0 saturated heterocycles. The van der Waals surface area contributed by atoms with E-state index >= 15 is 0 Å². The predicted octanol–water partition coefficient (Wildman–Crippen LogP) is 1.79. The zero-order valence-electron chi connectivity index (χ0n) is 7.49. The SMILES string of the molecule is N#CC12CCC(CC1)C(C(=O)O)C2. The van der Waals surface area contributed by atoms with Crippen LogP contribution in [0, 0.1) is 28.6 Å². The second kappa shape index (κ2) is 2.73. The third-order valence-corrected chi connectivity index (χ3v) is 3.72. The summed E-state index contributed by atoms with van der Waals surface area (Å²) in [5, 5.41) is 18.0. The smallest absolute Gasteiger partial charge is 0.306 e. The van der Waals surface area contributed by atoms with Gasteiger partial charge in [0.15, 0.2) is 0 Å². The first kappa shape index (κ1) is 8.55. The summed E-state index contributed by atoms with van der Waals surface area (Å²) in [7, 11) is 0. The summed E-state index contributed by atoms with van der Waals surface area (Å²) >= 11 is 0. The molecule has 1 N–H and O–H groups in total. The van der Waals surface area contributed by atoms with E-state index in [9.17, 15) is 4.79 Å². The monoisotopic (exact) mass is 179 g/mol. The Kier molecular flexibility index (Phi) is 1.80. The van der Waals surface area contributed by atoms with E-state index < -0.39 is 5.97 Å². The average molecular weight is 179 g/mol. The molecule has 3 saturated carbocycles. The number of fused-ring (bicyclic) bond motifs is 3. The summed E-state index contributed by atoms with van der Waals surface area (Å²) in [4.78, 5) is 10.9. The lowest BCUT2D eigenvalue weighted by Gasteiger charge is -2.45. The normalized spacial score (nSPS) is 42.7. The largest absolute Gasteiger partial charge is 0.481 e. The van der Waals surface area contributed by atoms with Gasteiger partial charge in [0.1, 0.15) is 0 Å². The summed E-state index contributed by atoms with van der Waals surface area (Å²) in [6.07, 6.45) is 4.29. The third-order valence-electron chi connectivity index (χ3n) is 3.72. The first-order valence-corrected chi connectivity index (χ1v) is 4.81. The van der Waals surface area contributed by atoms with Gasteiger partial charge >= 0.3 is 5.97 Å². The van der Waals surface area contributed by atoms with E-state index in [1.807, 2.05) is 0 Å². The van der Waals surface area contributed by atoms with Gasteiger partial charge in [-0.2, -0.15) is 5.26 Å². The van der Waals surface area contributed by atoms with Crippen LogP contribution in [0.2, 0.25) is 0 Å². The van der Waals surface area contributed by atoms with Crippen molar-refractivity contribution in [2.24, 2.45) is 17.3 Å². The molecule has 0 aliphatic heterocycles. The van der Waals surface area contributed by atoms with Gasteiger partial charge in [-0.25, -0.2) is 0 Å². The Balaban J connectivity index is 2.21. The number of nitrogens with zero attached hydrogens (tertiary/aromatic N) is 1. The maximum absolute atomic E-state index is 10.9. The fraction of sp³-hybridized carbons (Fsp3) is 0.800. The Morgan fingerprint density at radius 3 is 2.54 bits per heavy atom. The van der Waals surface area contributed by atoms with Crippen LogP contribution in [0.3, 0.4) is 0 Å². The van der Waals surface area contributed by atoms with Gasteiger partial charge in [-0.15, -0.1) is 0 Å². The van der Waals surface area contributed by atoms with E-state index in [1.54, 1.807) is 0 Å². The molecular formula is C10H13NO2. The Labute approximate surface area is 77.4 Å². The topological polar surface area (TPSA) is 61.1 Å². The molecule has 0 heterocycles. The Hall–Kier alpha value is -1.04. The minimum absolute atomic E-state index is 0.248. The van der Waals surface area contributed by atoms with Crippen molar-refractivity contribution < 1.29 is 9.90 Å². The van der Waals surface area contributed by atoms with E-state index in [2.05, 4.69) is 6.07 Å². The van der Waals surface area contributed by atoms with Crippen molar-refractivity contribution in [3.63, 3.8) is 0 Å². The minimum atomic E-state index is -0.705. The maximum Gasteiger partial charge on any atom is 0.306 e. The molecule has 13 heavy (non-hydrogen) atoms. The van der Waals surface area contributed by atoms with Gasteiger partial charge in [0.2, 0.25) is 0 Å². The number of carbonyl (C=O) groups is 1. The van der Waals surface area contributed by atoms with Gasteiger partial charge < -0.3 is 5.11 Å². The van der Waals surface area contributed by atoms with E-state index in [1.165, 1.54) is 0 Å². The van der Waals surface area contributed by atoms with Crippen LogP contribution in [0.25, 0.3) is 0 Å². The molecular weight excluding hydrogens is 166 g/mol. The van der Waals surface area contributed by atoms with Crippen molar-refractivity contribution in [1.29, 1.82) is 5.26 Å². The summed E-state index contributed by atoms with van der Waals surface area (Å²) in [6, 6.07) is 2.33. The van der Waals surface area contributed by atoms with Gasteiger partial charge in [0.05, 0.1) is 17.4 Å². The maximum atomic E-state index is 10.9. The quantitative estimate of drug-likeness (QED) is 0.667. The molecule has 0 spiro atoms. The van der Waals surface area contributed by atoms with Gasteiger partial charge in [-0.3, -0.25) is 4.79 Å². The summed E-state index contributed by atoms with van der Waals surface area (Å²) in [6.45, 7) is 0. The van der Waals surface area contributed by atoms with Crippen LogP contribution < -0.4 is 0 Å². The molecule has 0 amide bonds. The zero-order chi connectivity index (χ0) is 9.47. The number of hydrogen-bond donors (Lipinski definition) is 1. The van der Waals surface area contributed by atoms with Gasteiger partial charge in [-0.05, 0) is 38.0 Å². The molecule has 3 aliphatic carbocycles. The van der Waals surface area contributed by atoms with E-state index in [0.717, 1.165) is 25.7 Å². The summed E-state index contributed by atoms with van der Waals surface area (Å²) < 4.78 is 0. The van der Waals surface area contributed by atoms with Gasteiger partial charge in [-0.1, -0.05) is 0 Å². The number of rotatable bonds is 1. The number of nitriles is 1. The highest BCUT2D eigenvalue weighted by Gasteiger charge is 2.48. The summed E-state index contributed by atoms with van der Waals surface area (Å²) in [5.74, 6) is -0.612. The fourth-order valence-corrected chi connectivity index (χ4v) is 2.83. The summed E-state index contributed by atoms with van der Waals surface area (Å²) in [5.41, 5.74) is -0.294. The molecule has 70 valence electrons. The Morgan fingerprint density at radius 1 is 1.46 bits per heavy atom. The van der Waals surface area contributed by atoms with Crippen LogP contribution in [0.1, 0.15) is 32.1 Å². The number of hydrogen-bond acceptors (Lipinski definition) is 2. The van der Waals surface area contributed by atoms with E-state index in [-0.39, 0.29) is 11.3 Å². The molecule has 3 rings (SSSR count). The molecule has 2 bridgehead atoms.